The predicted molar refractivity (Wildman–Crippen MR) is 138 cm³/mol. The Labute approximate surface area is 188 Å². The molecule has 0 nitrogen and oxygen atoms in total. The van der Waals surface area contributed by atoms with Gasteiger partial charge in [-0.3, -0.25) is 0 Å². The second kappa shape index (κ2) is 6.20. The molecule has 6 aromatic rings. The van der Waals surface area contributed by atoms with Crippen LogP contribution in [-0.4, -0.2) is 0 Å². The van der Waals surface area contributed by atoms with Crippen molar-refractivity contribution in [3.63, 3.8) is 0 Å². The molecule has 6 aromatic carbocycles. The van der Waals surface area contributed by atoms with Crippen molar-refractivity contribution in [1.82, 2.24) is 0 Å². The van der Waals surface area contributed by atoms with Gasteiger partial charge in [0.05, 0.1) is 0 Å². The van der Waals surface area contributed by atoms with Crippen LogP contribution in [0.2, 0.25) is 0 Å². The second-order valence-electron chi connectivity index (χ2n) is 9.46. The molecule has 0 saturated carbocycles. The lowest BCUT2D eigenvalue weighted by Crippen LogP contribution is -2.19. The quantitative estimate of drug-likeness (QED) is 0.251. The maximum Gasteiger partial charge on any atom is 0.0184 e. The Kier molecular flexibility index (Phi) is 3.49. The number of hydrogen-bond donors (Lipinski definition) is 0. The van der Waals surface area contributed by atoms with E-state index in [0.717, 1.165) is 6.42 Å². The maximum atomic E-state index is 2.46. The summed E-state index contributed by atoms with van der Waals surface area (Å²) in [5, 5.41) is 8.08. The zero-order chi connectivity index (χ0) is 21.4. The van der Waals surface area contributed by atoms with Crippen LogP contribution >= 0.6 is 0 Å². The third kappa shape index (κ3) is 2.17. The van der Waals surface area contributed by atoms with E-state index in [1.54, 1.807) is 0 Å². The van der Waals surface area contributed by atoms with Crippen molar-refractivity contribution in [2.75, 3.05) is 0 Å². The van der Waals surface area contributed by atoms with Gasteiger partial charge in [0.15, 0.2) is 0 Å². The van der Waals surface area contributed by atoms with Crippen LogP contribution in [0, 0.1) is 0 Å². The molecule has 0 aromatic heterocycles. The lowest BCUT2D eigenvalue weighted by molar-refractivity contribution is 0.565. The van der Waals surface area contributed by atoms with Crippen molar-refractivity contribution in [2.24, 2.45) is 0 Å². The summed E-state index contributed by atoms with van der Waals surface area (Å²) in [6, 6.07) is 36.4. The van der Waals surface area contributed by atoms with Crippen molar-refractivity contribution in [2.45, 2.75) is 25.7 Å². The second-order valence-corrected chi connectivity index (χ2v) is 9.46. The molecule has 32 heavy (non-hydrogen) atoms. The summed E-state index contributed by atoms with van der Waals surface area (Å²) in [6.07, 6.45) is 1.10. The summed E-state index contributed by atoms with van der Waals surface area (Å²) < 4.78 is 0. The van der Waals surface area contributed by atoms with Crippen LogP contribution in [-0.2, 0) is 5.41 Å². The first-order valence-electron chi connectivity index (χ1n) is 11.6. The van der Waals surface area contributed by atoms with Crippen LogP contribution in [0.5, 0.6) is 0 Å². The molecule has 1 atom stereocenters. The lowest BCUT2D eigenvalue weighted by atomic mass is 9.77. The van der Waals surface area contributed by atoms with Gasteiger partial charge in [0.25, 0.3) is 0 Å². The Morgan fingerprint density at radius 1 is 0.562 bits per heavy atom. The Morgan fingerprint density at radius 2 is 1.22 bits per heavy atom. The molecular formula is C32H24. The number of rotatable bonds is 2. The molecule has 0 saturated heterocycles. The monoisotopic (exact) mass is 408 g/mol. The molecule has 0 bridgehead atoms. The van der Waals surface area contributed by atoms with E-state index in [1.807, 2.05) is 0 Å². The minimum absolute atomic E-state index is 0.0612. The Hall–Kier alpha value is -3.64. The van der Waals surface area contributed by atoms with E-state index in [-0.39, 0.29) is 5.41 Å². The molecular weight excluding hydrogens is 384 g/mol. The molecule has 1 aliphatic carbocycles. The standard InChI is InChI=1S/C32H24/c1-3-32(2)28-10-5-4-9-25(28)26-17-15-23(19-29(26)32)24-16-13-22-12-11-20-7-6-8-21-14-18-27(24)31(22)30(20)21/h4-19H,3H2,1-2H3. The van der Waals surface area contributed by atoms with Crippen LogP contribution in [0.4, 0.5) is 0 Å². The van der Waals surface area contributed by atoms with E-state index in [9.17, 15) is 0 Å². The SMILES string of the molecule is CCC1(C)c2ccccc2-c2ccc(-c3ccc4ccc5cccc6ccc3c4c56)cc21. The summed E-state index contributed by atoms with van der Waals surface area (Å²) >= 11 is 0. The highest BCUT2D eigenvalue weighted by atomic mass is 14.4. The fourth-order valence-electron chi connectivity index (χ4n) is 6.12. The van der Waals surface area contributed by atoms with Gasteiger partial charge >= 0.3 is 0 Å². The highest BCUT2D eigenvalue weighted by molar-refractivity contribution is 6.25. The molecule has 1 aliphatic rings. The van der Waals surface area contributed by atoms with Gasteiger partial charge in [0.2, 0.25) is 0 Å². The van der Waals surface area contributed by atoms with Crippen LogP contribution < -0.4 is 0 Å². The minimum Gasteiger partial charge on any atom is -0.0642 e. The number of hydrogen-bond acceptors (Lipinski definition) is 0. The maximum absolute atomic E-state index is 2.46. The predicted octanol–water partition coefficient (Wildman–Crippen LogP) is 8.95. The average Bonchev–Trinajstić information content (AvgIpc) is 3.11. The molecule has 1 unspecified atom stereocenters. The Bertz CT molecular complexity index is 1650. The van der Waals surface area contributed by atoms with Crippen LogP contribution in [0.3, 0.4) is 0 Å². The first-order chi connectivity index (χ1) is 15.7. The van der Waals surface area contributed by atoms with Crippen molar-refractivity contribution < 1.29 is 0 Å². The molecule has 0 aliphatic heterocycles. The van der Waals surface area contributed by atoms with Gasteiger partial charge in [-0.15, -0.1) is 0 Å². The van der Waals surface area contributed by atoms with Gasteiger partial charge in [0.1, 0.15) is 0 Å². The summed E-state index contributed by atoms with van der Waals surface area (Å²) in [7, 11) is 0. The minimum atomic E-state index is 0.0612. The summed E-state index contributed by atoms with van der Waals surface area (Å²) in [6.45, 7) is 4.72. The molecule has 7 rings (SSSR count). The van der Waals surface area contributed by atoms with E-state index in [0.29, 0.717) is 0 Å². The Balaban J connectivity index is 1.52. The van der Waals surface area contributed by atoms with E-state index in [2.05, 4.69) is 111 Å². The van der Waals surface area contributed by atoms with Gasteiger partial charge in [0, 0.05) is 5.41 Å². The fraction of sp³-hybridized carbons (Fsp3) is 0.125. The van der Waals surface area contributed by atoms with Crippen LogP contribution in [0.25, 0.3) is 54.6 Å². The third-order valence-electron chi connectivity index (χ3n) is 7.97. The van der Waals surface area contributed by atoms with Gasteiger partial charge in [-0.2, -0.15) is 0 Å². The lowest BCUT2D eigenvalue weighted by Gasteiger charge is -2.26. The first kappa shape index (κ1) is 18.0. The first-order valence-corrected chi connectivity index (χ1v) is 11.6. The normalized spacial score (nSPS) is 17.3. The molecule has 0 N–H and O–H groups in total. The van der Waals surface area contributed by atoms with E-state index in [1.165, 1.54) is 65.7 Å². The highest BCUT2D eigenvalue weighted by Gasteiger charge is 2.37. The topological polar surface area (TPSA) is 0 Å². The molecule has 0 fully saturated rings. The van der Waals surface area contributed by atoms with E-state index < -0.39 is 0 Å². The van der Waals surface area contributed by atoms with Crippen molar-refractivity contribution in [3.05, 3.63) is 108 Å². The smallest absolute Gasteiger partial charge is 0.0184 e. The fourth-order valence-corrected chi connectivity index (χ4v) is 6.12. The van der Waals surface area contributed by atoms with Gasteiger partial charge in [-0.1, -0.05) is 105 Å². The van der Waals surface area contributed by atoms with Crippen LogP contribution in [0.1, 0.15) is 31.4 Å². The van der Waals surface area contributed by atoms with Gasteiger partial charge < -0.3 is 0 Å². The van der Waals surface area contributed by atoms with Gasteiger partial charge in [-0.25, -0.2) is 0 Å². The zero-order valence-electron chi connectivity index (χ0n) is 18.4. The largest absolute Gasteiger partial charge is 0.0642 e. The molecule has 152 valence electrons. The number of benzene rings is 6. The molecule has 0 spiro atoms. The molecule has 0 heteroatoms. The van der Waals surface area contributed by atoms with Crippen molar-refractivity contribution in [1.29, 1.82) is 0 Å². The molecule has 0 radical (unpaired) electrons. The highest BCUT2D eigenvalue weighted by Crippen LogP contribution is 2.51. The van der Waals surface area contributed by atoms with Crippen molar-refractivity contribution in [3.8, 4) is 22.3 Å². The third-order valence-corrected chi connectivity index (χ3v) is 7.97. The summed E-state index contributed by atoms with van der Waals surface area (Å²) in [4.78, 5) is 0. The van der Waals surface area contributed by atoms with E-state index >= 15 is 0 Å². The average molecular weight is 409 g/mol. The summed E-state index contributed by atoms with van der Waals surface area (Å²) in [5.74, 6) is 0. The van der Waals surface area contributed by atoms with Crippen LogP contribution in [0.15, 0.2) is 97.1 Å². The molecule has 0 amide bonds. The van der Waals surface area contributed by atoms with Gasteiger partial charge in [-0.05, 0) is 78.2 Å². The van der Waals surface area contributed by atoms with E-state index in [4.69, 9.17) is 0 Å². The van der Waals surface area contributed by atoms with Crippen molar-refractivity contribution >= 4 is 32.3 Å². The summed E-state index contributed by atoms with van der Waals surface area (Å²) in [5.41, 5.74) is 8.42. The number of fused-ring (bicyclic) bond motifs is 3. The molecule has 0 heterocycles. The zero-order valence-corrected chi connectivity index (χ0v) is 18.4. The Morgan fingerprint density at radius 3 is 2.03 bits per heavy atom.